The zero-order valence-corrected chi connectivity index (χ0v) is 12.9. The number of nitrogens with zero attached hydrogens (tertiary/aromatic N) is 2. The second-order valence-electron chi connectivity index (χ2n) is 4.64. The Balaban J connectivity index is 1.94. The van der Waals surface area contributed by atoms with E-state index >= 15 is 0 Å². The normalized spacial score (nSPS) is 16.8. The number of aryl methyl sites for hydroxylation is 1. The molecule has 0 atom stereocenters. The maximum atomic E-state index is 12.6. The zero-order chi connectivity index (χ0) is 14.8. The third-order valence-corrected chi connectivity index (χ3v) is 4.36. The summed E-state index contributed by atoms with van der Waals surface area (Å²) in [6.45, 7) is 1.99. The van der Waals surface area contributed by atoms with Crippen LogP contribution in [0.5, 0.6) is 0 Å². The molecule has 0 bridgehead atoms. The van der Waals surface area contributed by atoms with Gasteiger partial charge < -0.3 is 0 Å². The number of pyridine rings is 1. The minimum absolute atomic E-state index is 0.0765. The standard InChI is InChI=1S/C16H12N2OS2/c1-11-3-2-4-13(9-11)18-15(19)14(21-16(18)20)10-12-5-7-17-8-6-12/h2-10H,1H3/b14-10-. The van der Waals surface area contributed by atoms with Crippen LogP contribution in [0.4, 0.5) is 5.69 Å². The van der Waals surface area contributed by atoms with Gasteiger partial charge in [0.1, 0.15) is 0 Å². The van der Waals surface area contributed by atoms with Crippen molar-refractivity contribution in [3.05, 3.63) is 64.8 Å². The number of thiocarbonyl (C=S) groups is 1. The van der Waals surface area contributed by atoms with Crippen molar-refractivity contribution in [1.29, 1.82) is 0 Å². The molecule has 0 spiro atoms. The van der Waals surface area contributed by atoms with Gasteiger partial charge in [-0.15, -0.1) is 0 Å². The van der Waals surface area contributed by atoms with E-state index in [1.54, 1.807) is 17.3 Å². The lowest BCUT2D eigenvalue weighted by Crippen LogP contribution is -2.27. The van der Waals surface area contributed by atoms with Gasteiger partial charge in [0.2, 0.25) is 0 Å². The Kier molecular flexibility index (Phi) is 3.86. The summed E-state index contributed by atoms with van der Waals surface area (Å²) in [5.41, 5.74) is 2.85. The number of anilines is 1. The monoisotopic (exact) mass is 312 g/mol. The summed E-state index contributed by atoms with van der Waals surface area (Å²) in [5, 5.41) is 0. The Morgan fingerprint density at radius 3 is 2.71 bits per heavy atom. The fourth-order valence-electron chi connectivity index (χ4n) is 2.07. The molecule has 0 N–H and O–H groups in total. The highest BCUT2D eigenvalue weighted by molar-refractivity contribution is 8.27. The molecule has 0 aliphatic carbocycles. The van der Waals surface area contributed by atoms with Gasteiger partial charge in [-0.2, -0.15) is 0 Å². The molecule has 0 unspecified atom stereocenters. The minimum Gasteiger partial charge on any atom is -0.268 e. The Labute approximate surface area is 132 Å². The Hall–Kier alpha value is -1.98. The van der Waals surface area contributed by atoms with Crippen LogP contribution in [0.15, 0.2) is 53.7 Å². The lowest BCUT2D eigenvalue weighted by atomic mass is 10.2. The van der Waals surface area contributed by atoms with Crippen LogP contribution in [-0.2, 0) is 4.79 Å². The Morgan fingerprint density at radius 1 is 1.24 bits per heavy atom. The molecule has 1 aromatic heterocycles. The molecule has 1 amide bonds. The number of hydrogen-bond acceptors (Lipinski definition) is 4. The van der Waals surface area contributed by atoms with Crippen LogP contribution in [0.1, 0.15) is 11.1 Å². The van der Waals surface area contributed by atoms with E-state index in [-0.39, 0.29) is 5.91 Å². The Morgan fingerprint density at radius 2 is 2.00 bits per heavy atom. The fourth-order valence-corrected chi connectivity index (χ4v) is 3.37. The van der Waals surface area contributed by atoms with Crippen molar-refractivity contribution in [3.63, 3.8) is 0 Å². The third kappa shape index (κ3) is 2.89. The summed E-state index contributed by atoms with van der Waals surface area (Å²) in [5.74, 6) is -0.0765. The SMILES string of the molecule is Cc1cccc(N2C(=O)/C(=C/c3ccncc3)SC2=S)c1. The first-order chi connectivity index (χ1) is 10.1. The molecule has 1 saturated heterocycles. The predicted molar refractivity (Wildman–Crippen MR) is 91.1 cm³/mol. The van der Waals surface area contributed by atoms with Gasteiger partial charge in [0.15, 0.2) is 4.32 Å². The maximum absolute atomic E-state index is 12.6. The van der Waals surface area contributed by atoms with E-state index in [1.807, 2.05) is 49.4 Å². The van der Waals surface area contributed by atoms with E-state index in [2.05, 4.69) is 4.98 Å². The lowest BCUT2D eigenvalue weighted by Gasteiger charge is -2.14. The summed E-state index contributed by atoms with van der Waals surface area (Å²) in [6.07, 6.45) is 5.25. The smallest absolute Gasteiger partial charge is 0.268 e. The maximum Gasteiger partial charge on any atom is 0.270 e. The number of aromatic nitrogens is 1. The molecule has 1 aliphatic heterocycles. The van der Waals surface area contributed by atoms with Crippen molar-refractivity contribution in [2.75, 3.05) is 4.90 Å². The first-order valence-electron chi connectivity index (χ1n) is 6.40. The summed E-state index contributed by atoms with van der Waals surface area (Å²) < 4.78 is 0.561. The number of rotatable bonds is 2. The molecule has 1 aromatic carbocycles. The number of benzene rings is 1. The van der Waals surface area contributed by atoms with E-state index in [1.165, 1.54) is 11.8 Å². The summed E-state index contributed by atoms with van der Waals surface area (Å²) in [4.78, 5) is 18.8. The molecule has 21 heavy (non-hydrogen) atoms. The van der Waals surface area contributed by atoms with Crippen molar-refractivity contribution < 1.29 is 4.79 Å². The van der Waals surface area contributed by atoms with Gasteiger partial charge in [0.05, 0.1) is 10.6 Å². The largest absolute Gasteiger partial charge is 0.270 e. The van der Waals surface area contributed by atoms with Crippen LogP contribution in [-0.4, -0.2) is 15.2 Å². The highest BCUT2D eigenvalue weighted by Gasteiger charge is 2.33. The molecule has 2 heterocycles. The second-order valence-corrected chi connectivity index (χ2v) is 6.31. The van der Waals surface area contributed by atoms with Gasteiger partial charge in [-0.05, 0) is 48.4 Å². The van der Waals surface area contributed by atoms with Crippen LogP contribution < -0.4 is 4.90 Å². The van der Waals surface area contributed by atoms with E-state index < -0.39 is 0 Å². The predicted octanol–water partition coefficient (Wildman–Crippen LogP) is 3.80. The second kappa shape index (κ2) is 5.79. The van der Waals surface area contributed by atoms with Gasteiger partial charge in [0.25, 0.3) is 5.91 Å². The number of carbonyl (C=O) groups is 1. The van der Waals surface area contributed by atoms with Crippen molar-refractivity contribution >= 4 is 46.0 Å². The van der Waals surface area contributed by atoms with Gasteiger partial charge in [0, 0.05) is 12.4 Å². The van der Waals surface area contributed by atoms with Gasteiger partial charge in [-0.3, -0.25) is 14.7 Å². The van der Waals surface area contributed by atoms with Crippen molar-refractivity contribution in [3.8, 4) is 0 Å². The Bertz CT molecular complexity index is 741. The first kappa shape index (κ1) is 14.0. The number of thioether (sulfide) groups is 1. The average Bonchev–Trinajstić information content (AvgIpc) is 2.74. The number of hydrogen-bond donors (Lipinski definition) is 0. The van der Waals surface area contributed by atoms with Crippen LogP contribution in [0.2, 0.25) is 0 Å². The molecule has 3 nitrogen and oxygen atoms in total. The highest BCUT2D eigenvalue weighted by atomic mass is 32.2. The van der Waals surface area contributed by atoms with Crippen molar-refractivity contribution in [2.45, 2.75) is 6.92 Å². The van der Waals surface area contributed by atoms with Crippen LogP contribution in [0, 0.1) is 6.92 Å². The molecule has 1 aliphatic rings. The van der Waals surface area contributed by atoms with Crippen molar-refractivity contribution in [1.82, 2.24) is 4.98 Å². The van der Waals surface area contributed by atoms with Gasteiger partial charge in [-0.25, -0.2) is 0 Å². The fraction of sp³-hybridized carbons (Fsp3) is 0.0625. The highest BCUT2D eigenvalue weighted by Crippen LogP contribution is 2.36. The van der Waals surface area contributed by atoms with Gasteiger partial charge >= 0.3 is 0 Å². The van der Waals surface area contributed by atoms with E-state index in [0.29, 0.717) is 9.23 Å². The molecule has 104 valence electrons. The molecule has 2 aromatic rings. The van der Waals surface area contributed by atoms with Crippen LogP contribution in [0.3, 0.4) is 0 Å². The number of amides is 1. The van der Waals surface area contributed by atoms with E-state index in [0.717, 1.165) is 16.8 Å². The van der Waals surface area contributed by atoms with Gasteiger partial charge in [-0.1, -0.05) is 36.1 Å². The first-order valence-corrected chi connectivity index (χ1v) is 7.62. The summed E-state index contributed by atoms with van der Waals surface area (Å²) in [7, 11) is 0. The van der Waals surface area contributed by atoms with Crippen LogP contribution in [0.25, 0.3) is 6.08 Å². The van der Waals surface area contributed by atoms with Crippen molar-refractivity contribution in [2.24, 2.45) is 0 Å². The van der Waals surface area contributed by atoms with E-state index in [9.17, 15) is 4.79 Å². The average molecular weight is 312 g/mol. The molecule has 0 saturated carbocycles. The lowest BCUT2D eigenvalue weighted by molar-refractivity contribution is -0.113. The summed E-state index contributed by atoms with van der Waals surface area (Å²) in [6, 6.07) is 11.5. The molecule has 1 fully saturated rings. The number of carbonyl (C=O) groups excluding carboxylic acids is 1. The quantitative estimate of drug-likeness (QED) is 0.624. The summed E-state index contributed by atoms with van der Waals surface area (Å²) >= 11 is 6.68. The topological polar surface area (TPSA) is 33.2 Å². The molecule has 0 radical (unpaired) electrons. The minimum atomic E-state index is -0.0765. The molecular formula is C16H12N2OS2. The van der Waals surface area contributed by atoms with Crippen LogP contribution >= 0.6 is 24.0 Å². The molecular weight excluding hydrogens is 300 g/mol. The molecule has 3 rings (SSSR count). The molecule has 5 heteroatoms. The van der Waals surface area contributed by atoms with E-state index in [4.69, 9.17) is 12.2 Å². The third-order valence-electron chi connectivity index (χ3n) is 3.06. The zero-order valence-electron chi connectivity index (χ0n) is 11.3.